The van der Waals surface area contributed by atoms with Crippen molar-refractivity contribution in [1.29, 1.82) is 0 Å². The number of hydrogen-bond acceptors (Lipinski definition) is 3. The Bertz CT molecular complexity index is 704. The van der Waals surface area contributed by atoms with Gasteiger partial charge in [-0.2, -0.15) is 0 Å². The molecule has 0 aliphatic carbocycles. The molecule has 0 bridgehead atoms. The lowest BCUT2D eigenvalue weighted by Crippen LogP contribution is -2.24. The molecule has 0 fully saturated rings. The quantitative estimate of drug-likeness (QED) is 0.726. The smallest absolute Gasteiger partial charge is 0.195 e. The first kappa shape index (κ1) is 13.9. The molecule has 0 unspecified atom stereocenters. The number of ketones is 1. The summed E-state index contributed by atoms with van der Waals surface area (Å²) in [6.07, 6.45) is 0.793. The average Bonchev–Trinajstić information content (AvgIpc) is 2.84. The van der Waals surface area contributed by atoms with Gasteiger partial charge in [0.25, 0.3) is 0 Å². The highest BCUT2D eigenvalue weighted by molar-refractivity contribution is 7.20. The third-order valence-electron chi connectivity index (χ3n) is 3.23. The fourth-order valence-corrected chi connectivity index (χ4v) is 3.86. The molecule has 0 amide bonds. The fourth-order valence-electron chi connectivity index (χ4n) is 2.40. The second-order valence-corrected chi connectivity index (χ2v) is 7.71. The summed E-state index contributed by atoms with van der Waals surface area (Å²) in [5.41, 5.74) is 1.91. The van der Waals surface area contributed by atoms with Crippen LogP contribution in [0.1, 0.15) is 35.3 Å². The van der Waals surface area contributed by atoms with Crippen molar-refractivity contribution in [3.63, 3.8) is 0 Å². The molecule has 2 heterocycles. The van der Waals surface area contributed by atoms with Gasteiger partial charge in [0.1, 0.15) is 15.7 Å². The van der Waals surface area contributed by atoms with Crippen molar-refractivity contribution in [3.8, 4) is 5.75 Å². The van der Waals surface area contributed by atoms with Crippen LogP contribution >= 0.6 is 34.5 Å². The molecule has 5 heteroatoms. The maximum Gasteiger partial charge on any atom is 0.195 e. The molecule has 0 saturated carbocycles. The van der Waals surface area contributed by atoms with Gasteiger partial charge in [0.05, 0.1) is 9.90 Å². The fraction of sp³-hybridized carbons (Fsp3) is 0.267. The third kappa shape index (κ3) is 2.46. The van der Waals surface area contributed by atoms with E-state index in [-0.39, 0.29) is 11.4 Å². The Morgan fingerprint density at radius 2 is 2.05 bits per heavy atom. The number of carbonyl (C=O) groups is 1. The average molecular weight is 327 g/mol. The summed E-state index contributed by atoms with van der Waals surface area (Å²) in [6, 6.07) is 7.11. The standard InChI is InChI=1S/C15H12Cl2O2S/c1-15(2)7-9-5-8(3-4-11(9)19-15)13(18)10-6-12(16)20-14(10)17/h3-6H,7H2,1-2H3. The molecule has 0 atom stereocenters. The summed E-state index contributed by atoms with van der Waals surface area (Å²) in [4.78, 5) is 12.5. The predicted molar refractivity (Wildman–Crippen MR) is 82.6 cm³/mol. The Morgan fingerprint density at radius 1 is 1.30 bits per heavy atom. The van der Waals surface area contributed by atoms with Crippen molar-refractivity contribution in [2.45, 2.75) is 25.9 Å². The summed E-state index contributed by atoms with van der Waals surface area (Å²) >= 11 is 13.1. The van der Waals surface area contributed by atoms with Crippen LogP contribution in [0, 0.1) is 0 Å². The van der Waals surface area contributed by atoms with Gasteiger partial charge in [-0.15, -0.1) is 11.3 Å². The van der Waals surface area contributed by atoms with Crippen LogP contribution in [-0.2, 0) is 6.42 Å². The molecular formula is C15H12Cl2O2S. The van der Waals surface area contributed by atoms with Crippen molar-refractivity contribution in [1.82, 2.24) is 0 Å². The number of halogens is 2. The molecule has 0 N–H and O–H groups in total. The molecule has 0 spiro atoms. The summed E-state index contributed by atoms with van der Waals surface area (Å²) in [5, 5.41) is 0. The van der Waals surface area contributed by atoms with Gasteiger partial charge in [0.2, 0.25) is 0 Å². The minimum Gasteiger partial charge on any atom is -0.487 e. The Balaban J connectivity index is 1.97. The third-order valence-corrected chi connectivity index (χ3v) is 4.71. The second-order valence-electron chi connectivity index (χ2n) is 5.43. The number of thiophene rings is 1. The SMILES string of the molecule is CC1(C)Cc2cc(C(=O)c3cc(Cl)sc3Cl)ccc2O1. The number of fused-ring (bicyclic) bond motifs is 1. The van der Waals surface area contributed by atoms with Crippen molar-refractivity contribution in [2.24, 2.45) is 0 Å². The number of carbonyl (C=O) groups excluding carboxylic acids is 1. The van der Waals surface area contributed by atoms with E-state index in [1.165, 1.54) is 11.3 Å². The minimum absolute atomic E-state index is 0.106. The van der Waals surface area contributed by atoms with Gasteiger partial charge in [0, 0.05) is 12.0 Å². The zero-order chi connectivity index (χ0) is 14.5. The van der Waals surface area contributed by atoms with E-state index >= 15 is 0 Å². The van der Waals surface area contributed by atoms with Crippen molar-refractivity contribution >= 4 is 40.3 Å². The Labute approximate surface area is 131 Å². The lowest BCUT2D eigenvalue weighted by atomic mass is 9.98. The molecule has 1 aliphatic rings. The van der Waals surface area contributed by atoms with E-state index in [1.54, 1.807) is 12.1 Å². The monoisotopic (exact) mass is 326 g/mol. The maximum absolute atomic E-state index is 12.5. The summed E-state index contributed by atoms with van der Waals surface area (Å²) < 4.78 is 6.75. The first-order valence-corrected chi connectivity index (χ1v) is 7.74. The van der Waals surface area contributed by atoms with Crippen molar-refractivity contribution in [2.75, 3.05) is 0 Å². The number of ether oxygens (including phenoxy) is 1. The van der Waals surface area contributed by atoms with Crippen LogP contribution in [0.3, 0.4) is 0 Å². The van der Waals surface area contributed by atoms with Crippen molar-refractivity contribution < 1.29 is 9.53 Å². The van der Waals surface area contributed by atoms with Crippen LogP contribution in [0.25, 0.3) is 0 Å². The first-order valence-electron chi connectivity index (χ1n) is 6.17. The van der Waals surface area contributed by atoms with Gasteiger partial charge in [0.15, 0.2) is 5.78 Å². The number of benzene rings is 1. The largest absolute Gasteiger partial charge is 0.487 e. The van der Waals surface area contributed by atoms with Gasteiger partial charge in [-0.05, 0) is 43.7 Å². The molecule has 20 heavy (non-hydrogen) atoms. The van der Waals surface area contributed by atoms with Crippen molar-refractivity contribution in [3.05, 3.63) is 49.6 Å². The molecule has 1 aromatic heterocycles. The van der Waals surface area contributed by atoms with E-state index < -0.39 is 0 Å². The topological polar surface area (TPSA) is 26.3 Å². The number of rotatable bonds is 2. The zero-order valence-corrected chi connectivity index (χ0v) is 13.3. The maximum atomic E-state index is 12.5. The molecule has 2 aromatic rings. The van der Waals surface area contributed by atoms with Crippen LogP contribution in [0.4, 0.5) is 0 Å². The van der Waals surface area contributed by atoms with Gasteiger partial charge in [-0.25, -0.2) is 0 Å². The van der Waals surface area contributed by atoms with Gasteiger partial charge < -0.3 is 4.74 Å². The van der Waals surface area contributed by atoms with E-state index in [4.69, 9.17) is 27.9 Å². The van der Waals surface area contributed by atoms with Crippen LogP contribution in [0.5, 0.6) is 5.75 Å². The molecule has 1 aromatic carbocycles. The Morgan fingerprint density at radius 3 is 2.70 bits per heavy atom. The second kappa shape index (κ2) is 4.76. The highest BCUT2D eigenvalue weighted by atomic mass is 35.5. The molecule has 2 nitrogen and oxygen atoms in total. The Kier molecular flexibility index (Phi) is 3.32. The molecule has 104 valence electrons. The Hall–Kier alpha value is -1.03. The first-order chi connectivity index (χ1) is 9.35. The van der Waals surface area contributed by atoms with Gasteiger partial charge in [-0.3, -0.25) is 4.79 Å². The normalized spacial score (nSPS) is 15.8. The van der Waals surface area contributed by atoms with Crippen LogP contribution in [-0.4, -0.2) is 11.4 Å². The van der Waals surface area contributed by atoms with E-state index in [0.717, 1.165) is 17.7 Å². The molecule has 1 aliphatic heterocycles. The van der Waals surface area contributed by atoms with E-state index in [9.17, 15) is 4.79 Å². The summed E-state index contributed by atoms with van der Waals surface area (Å²) in [6.45, 7) is 4.06. The molecule has 0 radical (unpaired) electrons. The van der Waals surface area contributed by atoms with Gasteiger partial charge >= 0.3 is 0 Å². The van der Waals surface area contributed by atoms with Crippen LogP contribution in [0.15, 0.2) is 24.3 Å². The lowest BCUT2D eigenvalue weighted by Gasteiger charge is -2.16. The molecule has 3 rings (SSSR count). The highest BCUT2D eigenvalue weighted by Gasteiger charge is 2.30. The van der Waals surface area contributed by atoms with Crippen LogP contribution in [0.2, 0.25) is 8.67 Å². The number of hydrogen-bond donors (Lipinski definition) is 0. The van der Waals surface area contributed by atoms with E-state index in [1.807, 2.05) is 26.0 Å². The molecule has 0 saturated heterocycles. The van der Waals surface area contributed by atoms with Crippen LogP contribution < -0.4 is 4.74 Å². The predicted octanol–water partition coefficient (Wildman–Crippen LogP) is 5.00. The van der Waals surface area contributed by atoms with Gasteiger partial charge in [-0.1, -0.05) is 23.2 Å². The minimum atomic E-state index is -0.215. The highest BCUT2D eigenvalue weighted by Crippen LogP contribution is 2.37. The zero-order valence-electron chi connectivity index (χ0n) is 11.0. The lowest BCUT2D eigenvalue weighted by molar-refractivity contribution is 0.103. The summed E-state index contributed by atoms with van der Waals surface area (Å²) in [7, 11) is 0. The van der Waals surface area contributed by atoms with E-state index in [2.05, 4.69) is 0 Å². The van der Waals surface area contributed by atoms with E-state index in [0.29, 0.717) is 19.8 Å². The summed E-state index contributed by atoms with van der Waals surface area (Å²) in [5.74, 6) is 0.742. The molecular weight excluding hydrogens is 315 g/mol.